The molecule has 0 N–H and O–H groups in total. The summed E-state index contributed by atoms with van der Waals surface area (Å²) >= 11 is 0. The van der Waals surface area contributed by atoms with Gasteiger partial charge in [-0.1, -0.05) is 38.1 Å². The van der Waals surface area contributed by atoms with Crippen LogP contribution in [0, 0.1) is 6.92 Å². The Bertz CT molecular complexity index is 757. The maximum atomic E-state index is 5.78. The first-order chi connectivity index (χ1) is 10.6. The van der Waals surface area contributed by atoms with Crippen LogP contribution in [0.5, 0.6) is 0 Å². The first kappa shape index (κ1) is 14.5. The van der Waals surface area contributed by atoms with Crippen LogP contribution in [-0.2, 0) is 13.0 Å². The van der Waals surface area contributed by atoms with Crippen LogP contribution in [-0.4, -0.2) is 19.7 Å². The molecule has 1 aromatic carbocycles. The summed E-state index contributed by atoms with van der Waals surface area (Å²) in [6, 6.07) is 8.24. The van der Waals surface area contributed by atoms with Gasteiger partial charge < -0.3 is 8.98 Å². The normalized spacial score (nSPS) is 11.3. The minimum atomic E-state index is 0.365. The molecule has 0 radical (unpaired) electrons. The Morgan fingerprint density at radius 2 is 1.91 bits per heavy atom. The Kier molecular flexibility index (Phi) is 4.04. The molecule has 3 rings (SSSR count). The highest BCUT2D eigenvalue weighted by atomic mass is 16.4. The van der Waals surface area contributed by atoms with Crippen LogP contribution in [0.15, 0.2) is 41.1 Å². The molecule has 2 heterocycles. The second kappa shape index (κ2) is 6.13. The maximum absolute atomic E-state index is 5.78. The van der Waals surface area contributed by atoms with Gasteiger partial charge in [-0.25, -0.2) is 4.98 Å². The topological polar surface area (TPSA) is 56.7 Å². The SMILES string of the molecule is Cc1ccccc1Cc1nnc(Cn2ccnc2C(C)C)o1. The van der Waals surface area contributed by atoms with Crippen LogP contribution < -0.4 is 0 Å². The summed E-state index contributed by atoms with van der Waals surface area (Å²) in [5.41, 5.74) is 2.45. The molecule has 22 heavy (non-hydrogen) atoms. The molecule has 0 saturated carbocycles. The quantitative estimate of drug-likeness (QED) is 0.724. The predicted molar refractivity (Wildman–Crippen MR) is 83.7 cm³/mol. The molecule has 114 valence electrons. The zero-order chi connectivity index (χ0) is 15.5. The molecule has 5 nitrogen and oxygen atoms in total. The molecule has 0 spiro atoms. The van der Waals surface area contributed by atoms with E-state index in [4.69, 9.17) is 4.42 Å². The lowest BCUT2D eigenvalue weighted by Crippen LogP contribution is -2.06. The van der Waals surface area contributed by atoms with Gasteiger partial charge in [-0.2, -0.15) is 0 Å². The van der Waals surface area contributed by atoms with Gasteiger partial charge >= 0.3 is 0 Å². The molecule has 5 heteroatoms. The molecule has 0 bridgehead atoms. The first-order valence-corrected chi connectivity index (χ1v) is 7.50. The molecular formula is C17H20N4O. The van der Waals surface area contributed by atoms with Crippen LogP contribution in [0.3, 0.4) is 0 Å². The number of aromatic nitrogens is 4. The van der Waals surface area contributed by atoms with Crippen molar-refractivity contribution in [3.05, 3.63) is 65.4 Å². The summed E-state index contributed by atoms with van der Waals surface area (Å²) in [4.78, 5) is 4.37. The lowest BCUT2D eigenvalue weighted by atomic mass is 10.1. The number of imidazole rings is 1. The summed E-state index contributed by atoms with van der Waals surface area (Å²) in [6.07, 6.45) is 4.42. The number of hydrogen-bond donors (Lipinski definition) is 0. The number of aryl methyl sites for hydroxylation is 1. The van der Waals surface area contributed by atoms with Crippen molar-refractivity contribution in [2.45, 2.75) is 39.7 Å². The molecule has 0 unspecified atom stereocenters. The van der Waals surface area contributed by atoms with Gasteiger partial charge in [0.05, 0.1) is 6.42 Å². The third-order valence-electron chi connectivity index (χ3n) is 3.68. The number of nitrogens with zero attached hydrogens (tertiary/aromatic N) is 4. The number of benzene rings is 1. The van der Waals surface area contributed by atoms with Gasteiger partial charge in [0.1, 0.15) is 12.4 Å². The molecule has 3 aromatic rings. The van der Waals surface area contributed by atoms with Crippen molar-refractivity contribution in [2.24, 2.45) is 0 Å². The molecule has 0 amide bonds. The van der Waals surface area contributed by atoms with E-state index in [1.165, 1.54) is 11.1 Å². The molecule has 0 aliphatic rings. The Morgan fingerprint density at radius 1 is 1.14 bits per heavy atom. The van der Waals surface area contributed by atoms with Crippen molar-refractivity contribution in [1.82, 2.24) is 19.7 Å². The standard InChI is InChI=1S/C17H20N4O/c1-12(2)17-18-8-9-21(17)11-16-20-19-15(22-16)10-14-7-5-4-6-13(14)3/h4-9,12H,10-11H2,1-3H3. The zero-order valence-electron chi connectivity index (χ0n) is 13.2. The van der Waals surface area contributed by atoms with Crippen molar-refractivity contribution in [3.8, 4) is 0 Å². The van der Waals surface area contributed by atoms with E-state index in [-0.39, 0.29) is 0 Å². The molecule has 0 fully saturated rings. The van der Waals surface area contributed by atoms with Gasteiger partial charge in [0.15, 0.2) is 0 Å². The van der Waals surface area contributed by atoms with Crippen molar-refractivity contribution in [2.75, 3.05) is 0 Å². The van der Waals surface area contributed by atoms with Crippen LogP contribution >= 0.6 is 0 Å². The van der Waals surface area contributed by atoms with Crippen molar-refractivity contribution < 1.29 is 4.42 Å². The fourth-order valence-electron chi connectivity index (χ4n) is 2.50. The van der Waals surface area contributed by atoms with Crippen molar-refractivity contribution in [1.29, 1.82) is 0 Å². The van der Waals surface area contributed by atoms with Gasteiger partial charge in [-0.3, -0.25) is 0 Å². The van der Waals surface area contributed by atoms with Crippen molar-refractivity contribution >= 4 is 0 Å². The summed E-state index contributed by atoms with van der Waals surface area (Å²) in [5, 5.41) is 8.31. The average molecular weight is 296 g/mol. The molecule has 0 aliphatic carbocycles. The third-order valence-corrected chi connectivity index (χ3v) is 3.68. The van der Waals surface area contributed by atoms with E-state index in [9.17, 15) is 0 Å². The summed E-state index contributed by atoms with van der Waals surface area (Å²) < 4.78 is 7.83. The predicted octanol–water partition coefficient (Wildman–Crippen LogP) is 3.34. The van der Waals surface area contributed by atoms with Gasteiger partial charge in [0, 0.05) is 18.3 Å². The van der Waals surface area contributed by atoms with E-state index >= 15 is 0 Å². The zero-order valence-corrected chi connectivity index (χ0v) is 13.2. The van der Waals surface area contributed by atoms with Gasteiger partial charge in [0.2, 0.25) is 11.8 Å². The molecule has 2 aromatic heterocycles. The Balaban J connectivity index is 1.74. The van der Waals surface area contributed by atoms with Crippen LogP contribution in [0.4, 0.5) is 0 Å². The number of hydrogen-bond acceptors (Lipinski definition) is 4. The Hall–Kier alpha value is -2.43. The fraction of sp³-hybridized carbons (Fsp3) is 0.353. The van der Waals surface area contributed by atoms with Crippen LogP contribution in [0.25, 0.3) is 0 Å². The monoisotopic (exact) mass is 296 g/mol. The average Bonchev–Trinajstić information content (AvgIpc) is 3.11. The lowest BCUT2D eigenvalue weighted by Gasteiger charge is -2.07. The van der Waals surface area contributed by atoms with E-state index in [1.807, 2.05) is 18.3 Å². The van der Waals surface area contributed by atoms with E-state index < -0.39 is 0 Å². The summed E-state index contributed by atoms with van der Waals surface area (Å²) in [7, 11) is 0. The third kappa shape index (κ3) is 3.08. The maximum Gasteiger partial charge on any atom is 0.236 e. The van der Waals surface area contributed by atoms with Crippen LogP contribution in [0.1, 0.15) is 48.5 Å². The minimum absolute atomic E-state index is 0.365. The van der Waals surface area contributed by atoms with Crippen molar-refractivity contribution in [3.63, 3.8) is 0 Å². The highest BCUT2D eigenvalue weighted by molar-refractivity contribution is 5.27. The molecule has 0 saturated heterocycles. The van der Waals surface area contributed by atoms with Crippen LogP contribution in [0.2, 0.25) is 0 Å². The Labute approximate surface area is 130 Å². The smallest absolute Gasteiger partial charge is 0.236 e. The van der Waals surface area contributed by atoms with E-state index in [0.29, 0.717) is 30.7 Å². The fourth-order valence-corrected chi connectivity index (χ4v) is 2.50. The highest BCUT2D eigenvalue weighted by Crippen LogP contribution is 2.15. The Morgan fingerprint density at radius 3 is 2.68 bits per heavy atom. The minimum Gasteiger partial charge on any atom is -0.423 e. The number of rotatable bonds is 5. The van der Waals surface area contributed by atoms with E-state index in [0.717, 1.165) is 5.82 Å². The lowest BCUT2D eigenvalue weighted by molar-refractivity contribution is 0.440. The van der Waals surface area contributed by atoms with E-state index in [1.54, 1.807) is 6.20 Å². The largest absolute Gasteiger partial charge is 0.423 e. The second-order valence-corrected chi connectivity index (χ2v) is 5.76. The summed E-state index contributed by atoms with van der Waals surface area (Å²) in [5.74, 6) is 2.65. The van der Waals surface area contributed by atoms with Gasteiger partial charge in [-0.15, -0.1) is 10.2 Å². The summed E-state index contributed by atoms with van der Waals surface area (Å²) in [6.45, 7) is 6.90. The highest BCUT2D eigenvalue weighted by Gasteiger charge is 2.12. The first-order valence-electron chi connectivity index (χ1n) is 7.50. The molecule has 0 atom stereocenters. The van der Waals surface area contributed by atoms with E-state index in [2.05, 4.69) is 52.7 Å². The molecule has 0 aliphatic heterocycles. The van der Waals surface area contributed by atoms with Gasteiger partial charge in [-0.05, 0) is 18.1 Å². The van der Waals surface area contributed by atoms with Gasteiger partial charge in [0.25, 0.3) is 0 Å². The molecular weight excluding hydrogens is 276 g/mol. The second-order valence-electron chi connectivity index (χ2n) is 5.76.